The van der Waals surface area contributed by atoms with E-state index in [0.717, 1.165) is 60.8 Å². The van der Waals surface area contributed by atoms with Crippen LogP contribution in [0.5, 0.6) is 0 Å². The molecule has 0 spiro atoms. The highest BCUT2D eigenvalue weighted by atomic mass is 16.3. The van der Waals surface area contributed by atoms with Crippen molar-refractivity contribution in [1.29, 1.82) is 0 Å². The SMILES string of the molecule is c1ccc2cc3c(cc2c1)c1ccccc1n3-c1ccc(-c2ccc3c(c2)oc2ccccc23)c2nccnc12. The van der Waals surface area contributed by atoms with Gasteiger partial charge >= 0.3 is 0 Å². The Labute approximate surface area is 228 Å². The summed E-state index contributed by atoms with van der Waals surface area (Å²) in [6.07, 6.45) is 3.55. The highest BCUT2D eigenvalue weighted by Crippen LogP contribution is 2.39. The van der Waals surface area contributed by atoms with E-state index in [-0.39, 0.29) is 0 Å². The van der Waals surface area contributed by atoms with Gasteiger partial charge in [0, 0.05) is 39.5 Å². The molecule has 0 aliphatic carbocycles. The lowest BCUT2D eigenvalue weighted by molar-refractivity contribution is 0.669. The molecule has 40 heavy (non-hydrogen) atoms. The number of para-hydroxylation sites is 2. The summed E-state index contributed by atoms with van der Waals surface area (Å²) in [5.41, 5.74) is 8.89. The van der Waals surface area contributed by atoms with Crippen LogP contribution >= 0.6 is 0 Å². The average Bonchev–Trinajstić information content (AvgIpc) is 3.54. The lowest BCUT2D eigenvalue weighted by Gasteiger charge is -2.13. The molecule has 9 aromatic rings. The highest BCUT2D eigenvalue weighted by molar-refractivity contribution is 6.15. The normalized spacial score (nSPS) is 12.0. The maximum Gasteiger partial charge on any atom is 0.136 e. The van der Waals surface area contributed by atoms with Crippen LogP contribution < -0.4 is 0 Å². The Hall–Kier alpha value is -5.48. The van der Waals surface area contributed by atoms with Gasteiger partial charge in [-0.15, -0.1) is 0 Å². The standard InChI is InChI=1S/C36H21N3O/c1-2-8-23-20-32-29(19-22(23)7-1)26-9-3-5-11-30(26)39(32)31-16-15-25(35-36(31)38-18-17-37-35)24-13-14-28-27-10-4-6-12-33(27)40-34(28)21-24/h1-21H. The summed E-state index contributed by atoms with van der Waals surface area (Å²) >= 11 is 0. The van der Waals surface area contributed by atoms with E-state index < -0.39 is 0 Å². The van der Waals surface area contributed by atoms with Crippen LogP contribution in [-0.2, 0) is 0 Å². The average molecular weight is 512 g/mol. The predicted molar refractivity (Wildman–Crippen MR) is 164 cm³/mol. The molecule has 186 valence electrons. The Morgan fingerprint density at radius 1 is 0.500 bits per heavy atom. The molecule has 0 N–H and O–H groups in total. The maximum atomic E-state index is 6.20. The molecule has 4 heteroatoms. The summed E-state index contributed by atoms with van der Waals surface area (Å²) in [5, 5.41) is 7.14. The zero-order chi connectivity index (χ0) is 26.2. The fourth-order valence-electron chi connectivity index (χ4n) is 6.26. The number of furan rings is 1. The third-order valence-electron chi connectivity index (χ3n) is 8.07. The van der Waals surface area contributed by atoms with Gasteiger partial charge in [0.2, 0.25) is 0 Å². The number of hydrogen-bond donors (Lipinski definition) is 0. The number of aromatic nitrogens is 3. The van der Waals surface area contributed by atoms with Gasteiger partial charge in [0.1, 0.15) is 16.7 Å². The molecule has 6 aromatic carbocycles. The first-order valence-electron chi connectivity index (χ1n) is 13.4. The van der Waals surface area contributed by atoms with E-state index in [2.05, 4.69) is 102 Å². The van der Waals surface area contributed by atoms with Crippen molar-refractivity contribution in [3.05, 3.63) is 128 Å². The van der Waals surface area contributed by atoms with Gasteiger partial charge in [-0.05, 0) is 64.9 Å². The van der Waals surface area contributed by atoms with Crippen LogP contribution in [0.4, 0.5) is 0 Å². The van der Waals surface area contributed by atoms with E-state index in [4.69, 9.17) is 14.4 Å². The first-order valence-corrected chi connectivity index (χ1v) is 13.4. The highest BCUT2D eigenvalue weighted by Gasteiger charge is 2.18. The summed E-state index contributed by atoms with van der Waals surface area (Å²) in [6, 6.07) is 40.6. The molecule has 3 aromatic heterocycles. The fraction of sp³-hybridized carbons (Fsp3) is 0. The Balaban J connectivity index is 1.33. The van der Waals surface area contributed by atoms with Crippen molar-refractivity contribution in [3.8, 4) is 16.8 Å². The van der Waals surface area contributed by atoms with Gasteiger partial charge < -0.3 is 8.98 Å². The Kier molecular flexibility index (Phi) is 4.30. The molecule has 0 bridgehead atoms. The number of hydrogen-bond acceptors (Lipinski definition) is 3. The quantitative estimate of drug-likeness (QED) is 0.232. The first-order chi connectivity index (χ1) is 19.8. The van der Waals surface area contributed by atoms with E-state index in [0.29, 0.717) is 0 Å². The Bertz CT molecular complexity index is 2450. The van der Waals surface area contributed by atoms with Crippen LogP contribution in [0.3, 0.4) is 0 Å². The van der Waals surface area contributed by atoms with Crippen molar-refractivity contribution in [2.24, 2.45) is 0 Å². The third kappa shape index (κ3) is 2.96. The minimum atomic E-state index is 0.862. The molecule has 0 fully saturated rings. The summed E-state index contributed by atoms with van der Waals surface area (Å²) in [4.78, 5) is 9.74. The zero-order valence-electron chi connectivity index (χ0n) is 21.4. The van der Waals surface area contributed by atoms with Crippen LogP contribution in [0.25, 0.3) is 82.4 Å². The van der Waals surface area contributed by atoms with Gasteiger partial charge in [-0.1, -0.05) is 66.7 Å². The summed E-state index contributed by atoms with van der Waals surface area (Å²) < 4.78 is 8.53. The molecule has 3 heterocycles. The van der Waals surface area contributed by atoms with Crippen molar-refractivity contribution in [2.75, 3.05) is 0 Å². The molecule has 0 unspecified atom stereocenters. The van der Waals surface area contributed by atoms with Crippen LogP contribution in [0, 0.1) is 0 Å². The number of nitrogens with zero attached hydrogens (tertiary/aromatic N) is 3. The largest absolute Gasteiger partial charge is 0.456 e. The fourth-order valence-corrected chi connectivity index (χ4v) is 6.26. The molecule has 0 amide bonds. The molecule has 0 saturated carbocycles. The molecule has 0 radical (unpaired) electrons. The second kappa shape index (κ2) is 8.01. The van der Waals surface area contributed by atoms with Crippen molar-refractivity contribution in [2.45, 2.75) is 0 Å². The molecule has 0 atom stereocenters. The second-order valence-electron chi connectivity index (χ2n) is 10.3. The van der Waals surface area contributed by atoms with Crippen LogP contribution in [0.1, 0.15) is 0 Å². The van der Waals surface area contributed by atoms with E-state index >= 15 is 0 Å². The van der Waals surface area contributed by atoms with Crippen molar-refractivity contribution < 1.29 is 4.42 Å². The molecule has 9 rings (SSSR count). The van der Waals surface area contributed by atoms with Gasteiger partial charge in [-0.25, -0.2) is 0 Å². The monoisotopic (exact) mass is 511 g/mol. The summed E-state index contributed by atoms with van der Waals surface area (Å²) in [5.74, 6) is 0. The summed E-state index contributed by atoms with van der Waals surface area (Å²) in [6.45, 7) is 0. The first kappa shape index (κ1) is 21.5. The molecular formula is C36H21N3O. The smallest absolute Gasteiger partial charge is 0.136 e. The molecule has 0 aliphatic rings. The Morgan fingerprint density at radius 3 is 2.12 bits per heavy atom. The van der Waals surface area contributed by atoms with Crippen molar-refractivity contribution in [1.82, 2.24) is 14.5 Å². The Morgan fingerprint density at radius 2 is 1.23 bits per heavy atom. The van der Waals surface area contributed by atoms with Gasteiger partial charge in [-0.3, -0.25) is 9.97 Å². The minimum Gasteiger partial charge on any atom is -0.456 e. The number of fused-ring (bicyclic) bond motifs is 8. The molecule has 4 nitrogen and oxygen atoms in total. The third-order valence-corrected chi connectivity index (χ3v) is 8.07. The van der Waals surface area contributed by atoms with Crippen LogP contribution in [0.15, 0.2) is 132 Å². The van der Waals surface area contributed by atoms with Gasteiger partial charge in [0.25, 0.3) is 0 Å². The van der Waals surface area contributed by atoms with E-state index in [1.165, 1.54) is 21.5 Å². The topological polar surface area (TPSA) is 43.9 Å². The lowest BCUT2D eigenvalue weighted by atomic mass is 10.0. The zero-order valence-corrected chi connectivity index (χ0v) is 21.4. The predicted octanol–water partition coefficient (Wildman–Crippen LogP) is 9.45. The van der Waals surface area contributed by atoms with Gasteiger partial charge in [-0.2, -0.15) is 0 Å². The summed E-state index contributed by atoms with van der Waals surface area (Å²) in [7, 11) is 0. The molecule has 0 saturated heterocycles. The van der Waals surface area contributed by atoms with Crippen LogP contribution in [0.2, 0.25) is 0 Å². The number of benzene rings is 6. The second-order valence-corrected chi connectivity index (χ2v) is 10.3. The van der Waals surface area contributed by atoms with E-state index in [1.807, 2.05) is 18.2 Å². The molecule has 0 aliphatic heterocycles. The lowest BCUT2D eigenvalue weighted by Crippen LogP contribution is -1.99. The maximum absolute atomic E-state index is 6.20. The molecular weight excluding hydrogens is 490 g/mol. The number of rotatable bonds is 2. The van der Waals surface area contributed by atoms with Gasteiger partial charge in [0.15, 0.2) is 0 Å². The van der Waals surface area contributed by atoms with Crippen molar-refractivity contribution >= 4 is 65.6 Å². The van der Waals surface area contributed by atoms with Gasteiger partial charge in [0.05, 0.1) is 22.2 Å². The van der Waals surface area contributed by atoms with E-state index in [1.54, 1.807) is 12.4 Å². The van der Waals surface area contributed by atoms with Crippen LogP contribution in [-0.4, -0.2) is 14.5 Å². The van der Waals surface area contributed by atoms with Crippen molar-refractivity contribution in [3.63, 3.8) is 0 Å². The van der Waals surface area contributed by atoms with E-state index in [9.17, 15) is 0 Å². The minimum absolute atomic E-state index is 0.862.